The van der Waals surface area contributed by atoms with Gasteiger partial charge in [0, 0.05) is 47.6 Å². The maximum Gasteiger partial charge on any atom is 0.0412 e. The molecule has 0 aliphatic carbocycles. The highest BCUT2D eigenvalue weighted by atomic mass is 32.2. The Morgan fingerprint density at radius 1 is 1.30 bits per heavy atom. The topological polar surface area (TPSA) is 32.3 Å². The highest BCUT2D eigenvalue weighted by Gasteiger charge is 2.17. The molecule has 112 valence electrons. The Morgan fingerprint density at radius 3 is 2.65 bits per heavy atom. The quantitative estimate of drug-likeness (QED) is 0.904. The van der Waals surface area contributed by atoms with Crippen molar-refractivity contribution >= 4 is 16.5 Å². The van der Waals surface area contributed by atoms with Crippen LogP contribution in [0.25, 0.3) is 0 Å². The summed E-state index contributed by atoms with van der Waals surface area (Å²) in [4.78, 5) is 2.38. The number of aryl methyl sites for hydroxylation is 1. The lowest BCUT2D eigenvalue weighted by atomic mass is 10.1. The Kier molecular flexibility index (Phi) is 5.61. The van der Waals surface area contributed by atoms with Crippen LogP contribution < -0.4 is 10.2 Å². The summed E-state index contributed by atoms with van der Waals surface area (Å²) in [5.74, 6) is 2.26. The van der Waals surface area contributed by atoms with E-state index in [-0.39, 0.29) is 0 Å². The first-order valence-electron chi connectivity index (χ1n) is 7.46. The predicted molar refractivity (Wildman–Crippen MR) is 87.8 cm³/mol. The number of nitrogens with zero attached hydrogens (tertiary/aromatic N) is 1. The van der Waals surface area contributed by atoms with E-state index in [9.17, 15) is 4.21 Å². The normalized spacial score (nSPS) is 16.9. The van der Waals surface area contributed by atoms with Crippen LogP contribution in [-0.4, -0.2) is 35.3 Å². The van der Waals surface area contributed by atoms with Crippen molar-refractivity contribution in [2.75, 3.05) is 36.0 Å². The summed E-state index contributed by atoms with van der Waals surface area (Å²) < 4.78 is 11.5. The molecular weight excluding hydrogens is 268 g/mol. The van der Waals surface area contributed by atoms with E-state index in [0.717, 1.165) is 37.7 Å². The lowest BCUT2D eigenvalue weighted by molar-refractivity contribution is 0.552. The molecule has 0 amide bonds. The van der Waals surface area contributed by atoms with Crippen LogP contribution in [0.2, 0.25) is 0 Å². The largest absolute Gasteiger partial charge is 0.369 e. The van der Waals surface area contributed by atoms with Crippen molar-refractivity contribution in [3.8, 4) is 0 Å². The molecule has 1 aromatic rings. The van der Waals surface area contributed by atoms with Crippen LogP contribution in [0, 0.1) is 12.8 Å². The maximum absolute atomic E-state index is 11.5. The molecule has 0 saturated carbocycles. The first-order chi connectivity index (χ1) is 9.56. The van der Waals surface area contributed by atoms with Gasteiger partial charge in [-0.05, 0) is 31.0 Å². The van der Waals surface area contributed by atoms with E-state index in [1.807, 2.05) is 0 Å². The summed E-state index contributed by atoms with van der Waals surface area (Å²) in [6.07, 6.45) is 0. The first kappa shape index (κ1) is 15.5. The molecule has 4 heteroatoms. The molecule has 0 radical (unpaired) electrons. The molecule has 1 aliphatic rings. The summed E-state index contributed by atoms with van der Waals surface area (Å²) in [6.45, 7) is 10.4. The van der Waals surface area contributed by atoms with E-state index in [4.69, 9.17) is 0 Å². The van der Waals surface area contributed by atoms with Gasteiger partial charge in [-0.1, -0.05) is 31.5 Å². The van der Waals surface area contributed by atoms with Crippen molar-refractivity contribution in [2.45, 2.75) is 27.3 Å². The van der Waals surface area contributed by atoms with Gasteiger partial charge in [0.1, 0.15) is 0 Å². The fraction of sp³-hybridized carbons (Fsp3) is 0.625. The Morgan fingerprint density at radius 2 is 2.00 bits per heavy atom. The fourth-order valence-corrected chi connectivity index (χ4v) is 3.59. The van der Waals surface area contributed by atoms with Crippen molar-refractivity contribution in [2.24, 2.45) is 5.92 Å². The highest BCUT2D eigenvalue weighted by molar-refractivity contribution is 7.85. The van der Waals surface area contributed by atoms with Crippen LogP contribution in [0.3, 0.4) is 0 Å². The molecule has 0 aromatic heterocycles. The number of nitrogens with one attached hydrogen (secondary N) is 1. The van der Waals surface area contributed by atoms with Crippen molar-refractivity contribution in [1.82, 2.24) is 5.32 Å². The molecule has 1 N–H and O–H groups in total. The van der Waals surface area contributed by atoms with Gasteiger partial charge in [0.25, 0.3) is 0 Å². The molecule has 1 aliphatic heterocycles. The summed E-state index contributed by atoms with van der Waals surface area (Å²) >= 11 is 0. The molecule has 1 aromatic carbocycles. The van der Waals surface area contributed by atoms with Gasteiger partial charge in [0.05, 0.1) is 0 Å². The van der Waals surface area contributed by atoms with Gasteiger partial charge in [-0.2, -0.15) is 0 Å². The van der Waals surface area contributed by atoms with E-state index >= 15 is 0 Å². The molecule has 20 heavy (non-hydrogen) atoms. The molecule has 0 unspecified atom stereocenters. The van der Waals surface area contributed by atoms with Crippen molar-refractivity contribution in [1.29, 1.82) is 0 Å². The van der Waals surface area contributed by atoms with Crippen molar-refractivity contribution in [3.05, 3.63) is 29.3 Å². The molecule has 0 spiro atoms. The second-order valence-corrected chi connectivity index (χ2v) is 7.69. The molecule has 2 rings (SSSR count). The average Bonchev–Trinajstić information content (AvgIpc) is 2.40. The zero-order chi connectivity index (χ0) is 14.5. The highest BCUT2D eigenvalue weighted by Crippen LogP contribution is 2.23. The van der Waals surface area contributed by atoms with Gasteiger partial charge in [-0.15, -0.1) is 0 Å². The molecule has 1 fully saturated rings. The third kappa shape index (κ3) is 4.32. The Bertz CT molecular complexity index is 464. The minimum atomic E-state index is -0.615. The van der Waals surface area contributed by atoms with Gasteiger partial charge in [-0.25, -0.2) is 0 Å². The zero-order valence-corrected chi connectivity index (χ0v) is 13.6. The summed E-state index contributed by atoms with van der Waals surface area (Å²) in [6, 6.07) is 6.66. The molecule has 1 heterocycles. The minimum absolute atomic E-state index is 0.615. The second-order valence-electron chi connectivity index (χ2n) is 5.99. The van der Waals surface area contributed by atoms with Gasteiger partial charge in [-0.3, -0.25) is 4.21 Å². The third-order valence-electron chi connectivity index (χ3n) is 3.62. The number of anilines is 1. The van der Waals surface area contributed by atoms with Crippen LogP contribution in [0.15, 0.2) is 18.2 Å². The summed E-state index contributed by atoms with van der Waals surface area (Å²) in [7, 11) is -0.615. The number of hydrogen-bond acceptors (Lipinski definition) is 3. The van der Waals surface area contributed by atoms with Crippen LogP contribution in [-0.2, 0) is 17.3 Å². The van der Waals surface area contributed by atoms with Gasteiger partial charge in [0.2, 0.25) is 0 Å². The Labute approximate surface area is 125 Å². The Balaban J connectivity index is 2.08. The van der Waals surface area contributed by atoms with Gasteiger partial charge >= 0.3 is 0 Å². The first-order valence-corrected chi connectivity index (χ1v) is 8.95. The predicted octanol–water partition coefficient (Wildman–Crippen LogP) is 2.31. The summed E-state index contributed by atoms with van der Waals surface area (Å²) in [5, 5.41) is 3.53. The standard InChI is InChI=1S/C16H26N2OS/c1-13(2)11-17-12-15-10-14(3)4-5-16(15)18-6-8-20(19)9-7-18/h4-5,10,13,17H,6-9,11-12H2,1-3H3. The third-order valence-corrected chi connectivity index (χ3v) is 4.90. The van der Waals surface area contributed by atoms with Crippen LogP contribution >= 0.6 is 0 Å². The van der Waals surface area contributed by atoms with E-state index in [2.05, 4.69) is 49.2 Å². The van der Waals surface area contributed by atoms with Crippen molar-refractivity contribution < 1.29 is 4.21 Å². The van der Waals surface area contributed by atoms with Crippen LogP contribution in [0.5, 0.6) is 0 Å². The van der Waals surface area contributed by atoms with E-state index in [0.29, 0.717) is 5.92 Å². The fourth-order valence-electron chi connectivity index (χ4n) is 2.54. The molecule has 1 saturated heterocycles. The number of rotatable bonds is 5. The zero-order valence-electron chi connectivity index (χ0n) is 12.8. The van der Waals surface area contributed by atoms with Gasteiger partial charge in [0.15, 0.2) is 0 Å². The summed E-state index contributed by atoms with van der Waals surface area (Å²) in [5.41, 5.74) is 3.97. The monoisotopic (exact) mass is 294 g/mol. The minimum Gasteiger partial charge on any atom is -0.369 e. The Hall–Kier alpha value is -0.870. The van der Waals surface area contributed by atoms with E-state index < -0.39 is 10.8 Å². The van der Waals surface area contributed by atoms with Gasteiger partial charge < -0.3 is 10.2 Å². The van der Waals surface area contributed by atoms with E-state index in [1.165, 1.54) is 16.8 Å². The molecule has 0 atom stereocenters. The lowest BCUT2D eigenvalue weighted by Crippen LogP contribution is -2.38. The average molecular weight is 294 g/mol. The number of hydrogen-bond donors (Lipinski definition) is 1. The molecular formula is C16H26N2OS. The SMILES string of the molecule is Cc1ccc(N2CCS(=O)CC2)c(CNCC(C)C)c1. The van der Waals surface area contributed by atoms with E-state index in [1.54, 1.807) is 0 Å². The number of benzene rings is 1. The molecule has 0 bridgehead atoms. The van der Waals surface area contributed by atoms with Crippen LogP contribution in [0.4, 0.5) is 5.69 Å². The second kappa shape index (κ2) is 7.23. The van der Waals surface area contributed by atoms with Crippen molar-refractivity contribution in [3.63, 3.8) is 0 Å². The lowest BCUT2D eigenvalue weighted by Gasteiger charge is -2.30. The van der Waals surface area contributed by atoms with Crippen LogP contribution in [0.1, 0.15) is 25.0 Å². The maximum atomic E-state index is 11.5. The smallest absolute Gasteiger partial charge is 0.0412 e. The molecule has 3 nitrogen and oxygen atoms in total.